The molecule has 0 atom stereocenters. The van der Waals surface area contributed by atoms with Gasteiger partial charge < -0.3 is 4.74 Å². The highest BCUT2D eigenvalue weighted by Gasteiger charge is 2.12. The molecule has 0 N–H and O–H groups in total. The molecular formula is C13H18N4O2. The van der Waals surface area contributed by atoms with Crippen LogP contribution in [0.1, 0.15) is 18.3 Å². The number of nitrogens with zero attached hydrogens (tertiary/aromatic N) is 4. The number of carbonyl (C=O) groups excluding carboxylic acids is 1. The fraction of sp³-hybridized carbons (Fsp3) is 0.462. The minimum Gasteiger partial charge on any atom is -0.465 e. The van der Waals surface area contributed by atoms with Crippen molar-refractivity contribution in [3.8, 4) is 11.4 Å². The van der Waals surface area contributed by atoms with E-state index in [1.165, 1.54) is 0 Å². The Hall–Kier alpha value is -2.11. The number of carbonyl (C=O) groups is 1. The molecule has 0 spiro atoms. The lowest BCUT2D eigenvalue weighted by atomic mass is 10.3. The zero-order valence-electron chi connectivity index (χ0n) is 11.7. The van der Waals surface area contributed by atoms with Crippen LogP contribution in [-0.4, -0.2) is 32.1 Å². The van der Waals surface area contributed by atoms with E-state index in [0.717, 1.165) is 22.8 Å². The van der Waals surface area contributed by atoms with E-state index < -0.39 is 0 Å². The molecule has 0 aliphatic heterocycles. The quantitative estimate of drug-likeness (QED) is 0.783. The maximum Gasteiger partial charge on any atom is 0.327 e. The summed E-state index contributed by atoms with van der Waals surface area (Å²) in [6, 6.07) is 3.89. The molecule has 19 heavy (non-hydrogen) atoms. The van der Waals surface area contributed by atoms with E-state index in [-0.39, 0.29) is 12.5 Å². The molecule has 0 radical (unpaired) electrons. The van der Waals surface area contributed by atoms with Gasteiger partial charge in [-0.15, -0.1) is 0 Å². The van der Waals surface area contributed by atoms with Crippen molar-refractivity contribution >= 4 is 5.97 Å². The second-order valence-electron chi connectivity index (χ2n) is 4.43. The van der Waals surface area contributed by atoms with Crippen molar-refractivity contribution in [2.45, 2.75) is 27.3 Å². The first-order chi connectivity index (χ1) is 9.01. The zero-order chi connectivity index (χ0) is 14.0. The summed E-state index contributed by atoms with van der Waals surface area (Å²) in [7, 11) is 1.89. The van der Waals surface area contributed by atoms with Crippen LogP contribution in [0.2, 0.25) is 0 Å². The van der Waals surface area contributed by atoms with Crippen LogP contribution in [0.5, 0.6) is 0 Å². The standard InChI is InChI=1S/C13H18N4O2/c1-5-19-13(18)8-17-10(3)7-12(15-17)11-6-9(2)16(4)14-11/h6-7H,5,8H2,1-4H3. The highest BCUT2D eigenvalue weighted by molar-refractivity contribution is 5.69. The normalized spacial score (nSPS) is 10.7. The third-order valence-corrected chi connectivity index (χ3v) is 2.94. The van der Waals surface area contributed by atoms with Crippen LogP contribution < -0.4 is 0 Å². The summed E-state index contributed by atoms with van der Waals surface area (Å²) in [5.41, 5.74) is 3.55. The smallest absolute Gasteiger partial charge is 0.327 e. The minimum atomic E-state index is -0.280. The van der Waals surface area contributed by atoms with Crippen LogP contribution in [-0.2, 0) is 23.1 Å². The number of aromatic nitrogens is 4. The number of aryl methyl sites for hydroxylation is 3. The molecule has 0 amide bonds. The molecule has 2 rings (SSSR count). The van der Waals surface area contributed by atoms with Crippen LogP contribution >= 0.6 is 0 Å². The molecule has 0 aromatic carbocycles. The number of esters is 1. The van der Waals surface area contributed by atoms with Gasteiger partial charge in [0.1, 0.15) is 17.9 Å². The van der Waals surface area contributed by atoms with E-state index in [2.05, 4.69) is 10.2 Å². The molecule has 6 heteroatoms. The lowest BCUT2D eigenvalue weighted by Gasteiger charge is -2.03. The van der Waals surface area contributed by atoms with Crippen molar-refractivity contribution in [2.24, 2.45) is 7.05 Å². The van der Waals surface area contributed by atoms with Crippen molar-refractivity contribution < 1.29 is 9.53 Å². The van der Waals surface area contributed by atoms with Gasteiger partial charge in [0.05, 0.1) is 6.61 Å². The van der Waals surface area contributed by atoms with Gasteiger partial charge in [0.2, 0.25) is 0 Å². The SMILES string of the molecule is CCOC(=O)Cn1nc(-c2cc(C)n(C)n2)cc1C. The van der Waals surface area contributed by atoms with Crippen molar-refractivity contribution in [1.82, 2.24) is 19.6 Å². The Balaban J connectivity index is 2.23. The van der Waals surface area contributed by atoms with E-state index in [0.29, 0.717) is 6.61 Å². The van der Waals surface area contributed by atoms with Crippen molar-refractivity contribution in [3.05, 3.63) is 23.5 Å². The van der Waals surface area contributed by atoms with Crippen molar-refractivity contribution in [1.29, 1.82) is 0 Å². The van der Waals surface area contributed by atoms with Crippen molar-refractivity contribution in [2.75, 3.05) is 6.61 Å². The first-order valence-electron chi connectivity index (χ1n) is 6.22. The van der Waals surface area contributed by atoms with Gasteiger partial charge in [-0.25, -0.2) is 0 Å². The lowest BCUT2D eigenvalue weighted by molar-refractivity contribution is -0.144. The van der Waals surface area contributed by atoms with Crippen LogP contribution in [0, 0.1) is 13.8 Å². The summed E-state index contributed by atoms with van der Waals surface area (Å²) in [5, 5.41) is 8.77. The Kier molecular flexibility index (Phi) is 3.69. The first-order valence-corrected chi connectivity index (χ1v) is 6.22. The minimum absolute atomic E-state index is 0.130. The Morgan fingerprint density at radius 3 is 2.42 bits per heavy atom. The molecule has 0 unspecified atom stereocenters. The van der Waals surface area contributed by atoms with Gasteiger partial charge in [0.15, 0.2) is 0 Å². The summed E-state index contributed by atoms with van der Waals surface area (Å²) >= 11 is 0. The number of rotatable bonds is 4. The van der Waals surface area contributed by atoms with Gasteiger partial charge in [-0.05, 0) is 32.9 Å². The molecule has 0 bridgehead atoms. The second kappa shape index (κ2) is 5.26. The molecule has 0 aliphatic rings. The second-order valence-corrected chi connectivity index (χ2v) is 4.43. The molecule has 0 fully saturated rings. The fourth-order valence-corrected chi connectivity index (χ4v) is 1.81. The summed E-state index contributed by atoms with van der Waals surface area (Å²) < 4.78 is 8.36. The van der Waals surface area contributed by atoms with Gasteiger partial charge in [0.25, 0.3) is 0 Å². The molecule has 102 valence electrons. The largest absolute Gasteiger partial charge is 0.465 e. The molecule has 2 heterocycles. The van der Waals surface area contributed by atoms with Crippen LogP contribution in [0.15, 0.2) is 12.1 Å². The van der Waals surface area contributed by atoms with E-state index >= 15 is 0 Å². The van der Waals surface area contributed by atoms with Gasteiger partial charge in [-0.2, -0.15) is 10.2 Å². The number of hydrogen-bond acceptors (Lipinski definition) is 4. The van der Waals surface area contributed by atoms with Gasteiger partial charge in [0, 0.05) is 18.4 Å². The summed E-state index contributed by atoms with van der Waals surface area (Å²) in [6.07, 6.45) is 0. The van der Waals surface area contributed by atoms with Crippen molar-refractivity contribution in [3.63, 3.8) is 0 Å². The maximum absolute atomic E-state index is 11.5. The topological polar surface area (TPSA) is 61.9 Å². The fourth-order valence-electron chi connectivity index (χ4n) is 1.81. The van der Waals surface area contributed by atoms with E-state index in [1.807, 2.05) is 33.0 Å². The van der Waals surface area contributed by atoms with Gasteiger partial charge in [-0.3, -0.25) is 14.2 Å². The average Bonchev–Trinajstić information content (AvgIpc) is 2.85. The Labute approximate surface area is 112 Å². The number of ether oxygens (including phenoxy) is 1. The van der Waals surface area contributed by atoms with E-state index in [4.69, 9.17) is 4.74 Å². The highest BCUT2D eigenvalue weighted by Crippen LogP contribution is 2.18. The third-order valence-electron chi connectivity index (χ3n) is 2.94. The Bertz CT molecular complexity index is 578. The Morgan fingerprint density at radius 1 is 1.21 bits per heavy atom. The lowest BCUT2D eigenvalue weighted by Crippen LogP contribution is -2.15. The Morgan fingerprint density at radius 2 is 1.84 bits per heavy atom. The van der Waals surface area contributed by atoms with Crippen LogP contribution in [0.4, 0.5) is 0 Å². The maximum atomic E-state index is 11.5. The van der Waals surface area contributed by atoms with E-state index in [1.54, 1.807) is 16.3 Å². The highest BCUT2D eigenvalue weighted by atomic mass is 16.5. The predicted octanol–water partition coefficient (Wildman–Crippen LogP) is 1.46. The summed E-state index contributed by atoms with van der Waals surface area (Å²) in [5.74, 6) is -0.280. The average molecular weight is 262 g/mol. The van der Waals surface area contributed by atoms with Crippen LogP contribution in [0.25, 0.3) is 11.4 Å². The molecule has 2 aromatic rings. The third kappa shape index (κ3) is 2.83. The van der Waals surface area contributed by atoms with E-state index in [9.17, 15) is 4.79 Å². The summed E-state index contributed by atoms with van der Waals surface area (Å²) in [4.78, 5) is 11.5. The number of hydrogen-bond donors (Lipinski definition) is 0. The first kappa shape index (κ1) is 13.3. The molecule has 6 nitrogen and oxygen atoms in total. The van der Waals surface area contributed by atoms with Gasteiger partial charge in [-0.1, -0.05) is 0 Å². The molecular weight excluding hydrogens is 244 g/mol. The monoisotopic (exact) mass is 262 g/mol. The van der Waals surface area contributed by atoms with Gasteiger partial charge >= 0.3 is 5.97 Å². The van der Waals surface area contributed by atoms with Crippen LogP contribution in [0.3, 0.4) is 0 Å². The molecule has 2 aromatic heterocycles. The summed E-state index contributed by atoms with van der Waals surface area (Å²) in [6.45, 7) is 6.19. The predicted molar refractivity (Wildman–Crippen MR) is 70.5 cm³/mol. The molecule has 0 aliphatic carbocycles. The molecule has 0 saturated heterocycles. The zero-order valence-corrected chi connectivity index (χ0v) is 11.7. The molecule has 0 saturated carbocycles.